The number of furan rings is 1. The highest BCUT2D eigenvalue weighted by Gasteiger charge is 2.20. The van der Waals surface area contributed by atoms with Gasteiger partial charge in [-0.15, -0.1) is 0 Å². The highest BCUT2D eigenvalue weighted by atomic mass is 16.3. The van der Waals surface area contributed by atoms with Gasteiger partial charge in [-0.1, -0.05) is 48.4 Å². The molecule has 3 rings (SSSR count). The van der Waals surface area contributed by atoms with Gasteiger partial charge in [0.25, 0.3) is 11.8 Å². The van der Waals surface area contributed by atoms with Crippen molar-refractivity contribution in [2.75, 3.05) is 0 Å². The summed E-state index contributed by atoms with van der Waals surface area (Å²) < 4.78 is 5.36. The van der Waals surface area contributed by atoms with Crippen molar-refractivity contribution in [2.24, 2.45) is 0 Å². The number of hydrogen-bond donors (Lipinski definition) is 2. The molecule has 1 atom stereocenters. The van der Waals surface area contributed by atoms with Crippen molar-refractivity contribution in [3.63, 3.8) is 0 Å². The Hall–Kier alpha value is -3.60. The second-order valence-electron chi connectivity index (χ2n) is 7.69. The van der Waals surface area contributed by atoms with Crippen LogP contribution >= 0.6 is 0 Å². The summed E-state index contributed by atoms with van der Waals surface area (Å²) in [4.78, 5) is 25.9. The van der Waals surface area contributed by atoms with E-state index in [1.54, 1.807) is 24.3 Å². The fourth-order valence-corrected chi connectivity index (χ4v) is 3.43. The SMILES string of the molecule is CCC(NC(=O)/C(=C/c1ccco1)NC(=O)c1ccc(C)cc1)c1ccc(C)cc1C. The Morgan fingerprint density at radius 3 is 2.32 bits per heavy atom. The minimum Gasteiger partial charge on any atom is -0.465 e. The highest BCUT2D eigenvalue weighted by molar-refractivity contribution is 6.05. The van der Waals surface area contributed by atoms with E-state index in [4.69, 9.17) is 4.42 Å². The van der Waals surface area contributed by atoms with Gasteiger partial charge in [-0.05, 0) is 62.6 Å². The number of rotatable bonds is 7. The lowest BCUT2D eigenvalue weighted by Crippen LogP contribution is -2.37. The topological polar surface area (TPSA) is 71.3 Å². The summed E-state index contributed by atoms with van der Waals surface area (Å²) in [7, 11) is 0. The van der Waals surface area contributed by atoms with Gasteiger partial charge in [-0.25, -0.2) is 0 Å². The minimum atomic E-state index is -0.372. The Bertz CT molecular complexity index is 1080. The number of aryl methyl sites for hydroxylation is 3. The molecule has 1 heterocycles. The molecule has 0 aliphatic carbocycles. The quantitative estimate of drug-likeness (QED) is 0.517. The van der Waals surface area contributed by atoms with Gasteiger partial charge >= 0.3 is 0 Å². The lowest BCUT2D eigenvalue weighted by molar-refractivity contribution is -0.118. The van der Waals surface area contributed by atoms with Crippen molar-refractivity contribution < 1.29 is 14.0 Å². The predicted molar refractivity (Wildman–Crippen MR) is 122 cm³/mol. The summed E-state index contributed by atoms with van der Waals surface area (Å²) in [6.45, 7) is 8.05. The van der Waals surface area contributed by atoms with Crippen LogP contribution in [0.5, 0.6) is 0 Å². The monoisotopic (exact) mass is 416 g/mol. The maximum atomic E-state index is 13.2. The first-order valence-corrected chi connectivity index (χ1v) is 10.4. The van der Waals surface area contributed by atoms with Gasteiger partial charge in [0.15, 0.2) is 0 Å². The Labute approximate surface area is 183 Å². The third-order valence-electron chi connectivity index (χ3n) is 5.15. The molecule has 0 aliphatic heterocycles. The summed E-state index contributed by atoms with van der Waals surface area (Å²) in [5, 5.41) is 5.80. The van der Waals surface area contributed by atoms with Gasteiger partial charge in [0.1, 0.15) is 11.5 Å². The van der Waals surface area contributed by atoms with Crippen molar-refractivity contribution >= 4 is 17.9 Å². The van der Waals surface area contributed by atoms with Crippen molar-refractivity contribution in [2.45, 2.75) is 40.2 Å². The molecule has 0 aliphatic rings. The third-order valence-corrected chi connectivity index (χ3v) is 5.15. The van der Waals surface area contributed by atoms with Crippen LogP contribution < -0.4 is 10.6 Å². The van der Waals surface area contributed by atoms with Crippen LogP contribution in [0.25, 0.3) is 6.08 Å². The molecule has 1 unspecified atom stereocenters. The van der Waals surface area contributed by atoms with Gasteiger partial charge in [0.05, 0.1) is 12.3 Å². The Morgan fingerprint density at radius 2 is 1.71 bits per heavy atom. The van der Waals surface area contributed by atoms with Gasteiger partial charge in [-0.2, -0.15) is 0 Å². The summed E-state index contributed by atoms with van der Waals surface area (Å²) in [5.41, 5.74) is 5.01. The maximum absolute atomic E-state index is 13.2. The number of benzene rings is 2. The zero-order chi connectivity index (χ0) is 22.4. The van der Waals surface area contributed by atoms with E-state index >= 15 is 0 Å². The molecular formula is C26H28N2O3. The minimum absolute atomic E-state index is 0.128. The molecule has 0 saturated heterocycles. The zero-order valence-electron chi connectivity index (χ0n) is 18.4. The van der Waals surface area contributed by atoms with E-state index in [0.29, 0.717) is 11.3 Å². The molecule has 2 aromatic carbocycles. The molecule has 0 spiro atoms. The molecule has 160 valence electrons. The van der Waals surface area contributed by atoms with E-state index in [0.717, 1.165) is 23.1 Å². The van der Waals surface area contributed by atoms with E-state index in [2.05, 4.69) is 16.7 Å². The van der Waals surface area contributed by atoms with E-state index in [9.17, 15) is 9.59 Å². The summed E-state index contributed by atoms with van der Waals surface area (Å²) >= 11 is 0. The van der Waals surface area contributed by atoms with Crippen molar-refractivity contribution in [1.82, 2.24) is 10.6 Å². The fraction of sp³-hybridized carbons (Fsp3) is 0.231. The van der Waals surface area contributed by atoms with Crippen LogP contribution in [0.1, 0.15) is 57.8 Å². The van der Waals surface area contributed by atoms with Gasteiger partial charge in [0, 0.05) is 11.6 Å². The molecule has 0 saturated carbocycles. The van der Waals surface area contributed by atoms with E-state index in [1.807, 2.05) is 52.0 Å². The number of carbonyl (C=O) groups is 2. The van der Waals surface area contributed by atoms with Crippen LogP contribution in [0.15, 0.2) is 71.0 Å². The zero-order valence-corrected chi connectivity index (χ0v) is 18.4. The van der Waals surface area contributed by atoms with E-state index in [-0.39, 0.29) is 23.6 Å². The molecule has 0 radical (unpaired) electrons. The molecule has 0 bridgehead atoms. The molecule has 31 heavy (non-hydrogen) atoms. The highest BCUT2D eigenvalue weighted by Crippen LogP contribution is 2.22. The van der Waals surface area contributed by atoms with Gasteiger partial charge in [0.2, 0.25) is 0 Å². The third kappa shape index (κ3) is 5.72. The van der Waals surface area contributed by atoms with E-state index < -0.39 is 0 Å². The standard InChI is InChI=1S/C26H28N2O3/c1-5-23(22-13-10-18(3)15-19(22)4)27-26(30)24(16-21-7-6-14-31-21)28-25(29)20-11-8-17(2)9-12-20/h6-16,23H,5H2,1-4H3,(H,27,30)(H,28,29)/b24-16-. The second-order valence-corrected chi connectivity index (χ2v) is 7.69. The summed E-state index contributed by atoms with van der Waals surface area (Å²) in [6, 6.07) is 16.6. The number of hydrogen-bond acceptors (Lipinski definition) is 3. The molecule has 1 aromatic heterocycles. The number of nitrogens with one attached hydrogen (secondary N) is 2. The molecule has 2 N–H and O–H groups in total. The number of carbonyl (C=O) groups excluding carboxylic acids is 2. The Morgan fingerprint density at radius 1 is 1.00 bits per heavy atom. The first-order chi connectivity index (χ1) is 14.9. The predicted octanol–water partition coefficient (Wildman–Crippen LogP) is 5.24. The lowest BCUT2D eigenvalue weighted by atomic mass is 9.97. The fourth-order valence-electron chi connectivity index (χ4n) is 3.43. The van der Waals surface area contributed by atoms with Crippen molar-refractivity contribution in [3.8, 4) is 0 Å². The van der Waals surface area contributed by atoms with Crippen molar-refractivity contribution in [1.29, 1.82) is 0 Å². The van der Waals surface area contributed by atoms with Crippen LogP contribution in [0, 0.1) is 20.8 Å². The molecule has 2 amide bonds. The Kier molecular flexibility index (Phi) is 7.08. The van der Waals surface area contributed by atoms with Gasteiger partial charge in [-0.3, -0.25) is 9.59 Å². The normalized spacial score (nSPS) is 12.3. The average molecular weight is 417 g/mol. The lowest BCUT2D eigenvalue weighted by Gasteiger charge is -2.21. The van der Waals surface area contributed by atoms with Crippen LogP contribution in [-0.2, 0) is 4.79 Å². The smallest absolute Gasteiger partial charge is 0.268 e. The number of amides is 2. The molecular weight excluding hydrogens is 388 g/mol. The second kappa shape index (κ2) is 9.94. The Balaban J connectivity index is 1.85. The summed E-state index contributed by atoms with van der Waals surface area (Å²) in [6.07, 6.45) is 3.78. The van der Waals surface area contributed by atoms with Crippen LogP contribution in [-0.4, -0.2) is 11.8 Å². The largest absolute Gasteiger partial charge is 0.465 e. The average Bonchev–Trinajstić information content (AvgIpc) is 3.25. The molecule has 3 aromatic rings. The van der Waals surface area contributed by atoms with Crippen LogP contribution in [0.3, 0.4) is 0 Å². The maximum Gasteiger partial charge on any atom is 0.268 e. The summed E-state index contributed by atoms with van der Waals surface area (Å²) in [5.74, 6) is -0.245. The van der Waals surface area contributed by atoms with Gasteiger partial charge < -0.3 is 15.1 Å². The molecule has 0 fully saturated rings. The van der Waals surface area contributed by atoms with Crippen LogP contribution in [0.4, 0.5) is 0 Å². The molecule has 5 heteroatoms. The van der Waals surface area contributed by atoms with Crippen LogP contribution in [0.2, 0.25) is 0 Å². The van der Waals surface area contributed by atoms with E-state index in [1.165, 1.54) is 17.9 Å². The first-order valence-electron chi connectivity index (χ1n) is 10.4. The van der Waals surface area contributed by atoms with Crippen molar-refractivity contribution in [3.05, 3.63) is 100 Å². The molecule has 5 nitrogen and oxygen atoms in total. The first kappa shape index (κ1) is 22.1.